The smallest absolute Gasteiger partial charge is 0.310 e. The van der Waals surface area contributed by atoms with E-state index < -0.39 is 22.0 Å². The van der Waals surface area contributed by atoms with Gasteiger partial charge in [-0.25, -0.2) is 13.4 Å². The summed E-state index contributed by atoms with van der Waals surface area (Å²) in [5.74, 6) is 0.325. The Hall–Kier alpha value is -3.33. The number of sulfonamides is 1. The number of amides is 1. The maximum absolute atomic E-state index is 12.9. The molecule has 4 rings (SSSR count). The van der Waals surface area contributed by atoms with Gasteiger partial charge in [0.25, 0.3) is 0 Å². The van der Waals surface area contributed by atoms with Gasteiger partial charge < -0.3 is 8.83 Å². The fourth-order valence-corrected chi connectivity index (χ4v) is 3.68. The summed E-state index contributed by atoms with van der Waals surface area (Å²) in [6, 6.07) is 13.1. The minimum atomic E-state index is -3.47. The summed E-state index contributed by atoms with van der Waals surface area (Å²) in [5.41, 5.74) is 1.56. The molecule has 28 heavy (non-hydrogen) atoms. The van der Waals surface area contributed by atoms with E-state index >= 15 is 0 Å². The van der Waals surface area contributed by atoms with Gasteiger partial charge in [-0.3, -0.25) is 9.52 Å². The van der Waals surface area contributed by atoms with E-state index in [0.717, 1.165) is 6.26 Å². The van der Waals surface area contributed by atoms with Crippen LogP contribution in [-0.4, -0.2) is 31.3 Å². The molecule has 0 spiro atoms. The van der Waals surface area contributed by atoms with Crippen molar-refractivity contribution in [3.63, 3.8) is 0 Å². The predicted molar refractivity (Wildman–Crippen MR) is 102 cm³/mol. The lowest BCUT2D eigenvalue weighted by molar-refractivity contribution is 0.0660. The Bertz CT molecular complexity index is 1120. The zero-order valence-electron chi connectivity index (χ0n) is 14.9. The number of carbonyl (C=O) groups excluding carboxylic acids is 1. The number of rotatable bonds is 5. The molecule has 0 saturated carbocycles. The predicted octanol–water partition coefficient (Wildman–Crippen LogP) is 3.24. The Kier molecular flexibility index (Phi) is 4.52. The van der Waals surface area contributed by atoms with Crippen LogP contribution in [0.25, 0.3) is 0 Å². The normalized spacial score (nSPS) is 16.8. The molecule has 9 heteroatoms. The number of nitrogens with zero attached hydrogens (tertiary/aromatic N) is 2. The van der Waals surface area contributed by atoms with Gasteiger partial charge in [-0.2, -0.15) is 5.10 Å². The molecule has 1 amide bonds. The van der Waals surface area contributed by atoms with Crippen molar-refractivity contribution in [2.24, 2.45) is 5.10 Å². The Morgan fingerprint density at radius 3 is 2.54 bits per heavy atom. The number of nitrogens with one attached hydrogen (secondary N) is 1. The van der Waals surface area contributed by atoms with E-state index in [1.54, 1.807) is 48.5 Å². The van der Waals surface area contributed by atoms with Gasteiger partial charge in [0.1, 0.15) is 11.8 Å². The van der Waals surface area contributed by atoms with Crippen LogP contribution in [0, 0.1) is 0 Å². The molecule has 1 atom stereocenters. The van der Waals surface area contributed by atoms with Gasteiger partial charge in [-0.05, 0) is 30.3 Å². The monoisotopic (exact) mass is 399 g/mol. The average Bonchev–Trinajstić information content (AvgIpc) is 3.40. The number of carbonyl (C=O) groups is 1. The van der Waals surface area contributed by atoms with Gasteiger partial charge in [0.2, 0.25) is 10.0 Å². The third-order valence-electron chi connectivity index (χ3n) is 4.26. The summed E-state index contributed by atoms with van der Waals surface area (Å²) >= 11 is 0. The quantitative estimate of drug-likeness (QED) is 0.709. The second-order valence-corrected chi connectivity index (χ2v) is 8.08. The highest BCUT2D eigenvalue weighted by atomic mass is 32.2. The van der Waals surface area contributed by atoms with E-state index in [1.807, 2.05) is 0 Å². The van der Waals surface area contributed by atoms with Crippen molar-refractivity contribution in [1.29, 1.82) is 0 Å². The van der Waals surface area contributed by atoms with Crippen molar-refractivity contribution in [2.75, 3.05) is 11.0 Å². The van der Waals surface area contributed by atoms with Gasteiger partial charge in [0.15, 0.2) is 5.76 Å². The molecule has 1 aromatic carbocycles. The molecule has 1 aliphatic rings. The van der Waals surface area contributed by atoms with Gasteiger partial charge in [0, 0.05) is 12.0 Å². The molecule has 0 aliphatic carbocycles. The Morgan fingerprint density at radius 2 is 1.86 bits per heavy atom. The second-order valence-electron chi connectivity index (χ2n) is 6.33. The lowest BCUT2D eigenvalue weighted by atomic mass is 10.0. The molecule has 0 fully saturated rings. The third kappa shape index (κ3) is 3.56. The first-order chi connectivity index (χ1) is 13.4. The lowest BCUT2D eigenvalue weighted by Crippen LogP contribution is -2.26. The summed E-state index contributed by atoms with van der Waals surface area (Å²) in [6.45, 7) is 0. The van der Waals surface area contributed by atoms with E-state index in [4.69, 9.17) is 8.83 Å². The molecule has 144 valence electrons. The summed E-state index contributed by atoms with van der Waals surface area (Å²) in [5, 5.41) is 5.80. The zero-order valence-corrected chi connectivity index (χ0v) is 15.7. The molecule has 1 aliphatic heterocycles. The summed E-state index contributed by atoms with van der Waals surface area (Å²) in [6.07, 6.45) is 4.39. The van der Waals surface area contributed by atoms with Crippen LogP contribution in [0.4, 0.5) is 5.69 Å². The van der Waals surface area contributed by atoms with Gasteiger partial charge in [-0.1, -0.05) is 18.2 Å². The Balaban J connectivity index is 1.75. The first kappa shape index (κ1) is 18.1. The van der Waals surface area contributed by atoms with Crippen LogP contribution in [0.3, 0.4) is 0 Å². The number of hydrogen-bond donors (Lipinski definition) is 1. The number of benzene rings is 1. The van der Waals surface area contributed by atoms with Crippen molar-refractivity contribution in [2.45, 2.75) is 12.5 Å². The van der Waals surface area contributed by atoms with Crippen LogP contribution in [0.5, 0.6) is 0 Å². The highest BCUT2D eigenvalue weighted by Gasteiger charge is 2.37. The topological polar surface area (TPSA) is 105 Å². The summed E-state index contributed by atoms with van der Waals surface area (Å²) < 4.78 is 36.6. The van der Waals surface area contributed by atoms with Gasteiger partial charge >= 0.3 is 5.91 Å². The van der Waals surface area contributed by atoms with Crippen molar-refractivity contribution in [1.82, 2.24) is 5.01 Å². The van der Waals surface area contributed by atoms with Crippen LogP contribution >= 0.6 is 0 Å². The van der Waals surface area contributed by atoms with E-state index in [0.29, 0.717) is 29.1 Å². The Morgan fingerprint density at radius 1 is 1.11 bits per heavy atom. The molecule has 1 N–H and O–H groups in total. The number of hydrogen-bond acceptors (Lipinski definition) is 6. The molecule has 2 aromatic heterocycles. The van der Waals surface area contributed by atoms with Crippen LogP contribution < -0.4 is 4.72 Å². The van der Waals surface area contributed by atoms with Crippen molar-refractivity contribution in [3.05, 3.63) is 78.1 Å². The summed E-state index contributed by atoms with van der Waals surface area (Å²) in [7, 11) is -3.47. The van der Waals surface area contributed by atoms with Crippen LogP contribution in [0.15, 0.2) is 75.0 Å². The fourth-order valence-electron chi connectivity index (χ4n) is 3.10. The molecule has 1 unspecified atom stereocenters. The molecule has 0 bridgehead atoms. The molecular formula is C19H17N3O5S. The highest BCUT2D eigenvalue weighted by molar-refractivity contribution is 7.92. The van der Waals surface area contributed by atoms with Crippen molar-refractivity contribution >= 4 is 27.3 Å². The molecule has 3 heterocycles. The second kappa shape index (κ2) is 7.01. The maximum atomic E-state index is 12.9. The van der Waals surface area contributed by atoms with Crippen LogP contribution in [-0.2, 0) is 10.0 Å². The van der Waals surface area contributed by atoms with E-state index in [1.165, 1.54) is 17.5 Å². The lowest BCUT2D eigenvalue weighted by Gasteiger charge is -2.18. The number of hydrazone groups is 1. The van der Waals surface area contributed by atoms with E-state index in [9.17, 15) is 13.2 Å². The van der Waals surface area contributed by atoms with Crippen molar-refractivity contribution in [3.8, 4) is 0 Å². The fraction of sp³-hybridized carbons (Fsp3) is 0.158. The minimum absolute atomic E-state index is 0.157. The maximum Gasteiger partial charge on any atom is 0.310 e. The van der Waals surface area contributed by atoms with Crippen LogP contribution in [0.2, 0.25) is 0 Å². The summed E-state index contributed by atoms with van der Waals surface area (Å²) in [4.78, 5) is 12.9. The molecule has 0 saturated heterocycles. The largest absolute Gasteiger partial charge is 0.467 e. The van der Waals surface area contributed by atoms with Crippen LogP contribution in [0.1, 0.15) is 34.3 Å². The zero-order chi connectivity index (χ0) is 19.7. The highest BCUT2D eigenvalue weighted by Crippen LogP contribution is 2.35. The average molecular weight is 399 g/mol. The minimum Gasteiger partial charge on any atom is -0.467 e. The van der Waals surface area contributed by atoms with Crippen molar-refractivity contribution < 1.29 is 22.0 Å². The van der Waals surface area contributed by atoms with E-state index in [-0.39, 0.29) is 5.76 Å². The molecular weight excluding hydrogens is 382 g/mol. The number of anilines is 1. The third-order valence-corrected chi connectivity index (χ3v) is 4.85. The first-order valence-corrected chi connectivity index (χ1v) is 10.4. The van der Waals surface area contributed by atoms with Gasteiger partial charge in [-0.15, -0.1) is 0 Å². The SMILES string of the molecule is CS(=O)(=O)Nc1ccccc1C1=NN(C(=O)c2ccco2)C(c2ccco2)C1. The standard InChI is InChI=1S/C19H17N3O5S/c1-28(24,25)21-14-7-3-2-6-13(14)15-12-16(17-8-4-10-26-17)22(20-15)19(23)18-9-5-11-27-18/h2-11,16,21H,12H2,1H3. The first-order valence-electron chi connectivity index (χ1n) is 8.47. The molecule has 3 aromatic rings. The van der Waals surface area contributed by atoms with E-state index in [2.05, 4.69) is 9.82 Å². The number of para-hydroxylation sites is 1. The Labute approximate surface area is 161 Å². The van der Waals surface area contributed by atoms with Gasteiger partial charge in [0.05, 0.1) is 30.2 Å². The molecule has 0 radical (unpaired) electrons. The number of furan rings is 2. The molecule has 8 nitrogen and oxygen atoms in total.